The van der Waals surface area contributed by atoms with Crippen molar-refractivity contribution in [2.24, 2.45) is 0 Å². The Morgan fingerprint density at radius 3 is 2.62 bits per heavy atom. The molecule has 3 amide bonds. The van der Waals surface area contributed by atoms with E-state index in [-0.39, 0.29) is 17.9 Å². The molecule has 0 aliphatic heterocycles. The van der Waals surface area contributed by atoms with Crippen LogP contribution in [0.3, 0.4) is 0 Å². The first-order valence-corrected chi connectivity index (χ1v) is 8.69. The summed E-state index contributed by atoms with van der Waals surface area (Å²) in [5.74, 6) is -0.866. The molecule has 3 aromatic rings. The fourth-order valence-corrected chi connectivity index (χ4v) is 3.39. The van der Waals surface area contributed by atoms with E-state index in [2.05, 4.69) is 15.4 Å². The monoisotopic (exact) mass is 368 g/mol. The molecule has 0 fully saturated rings. The molecule has 132 valence electrons. The summed E-state index contributed by atoms with van der Waals surface area (Å²) in [5.41, 5.74) is 1.12. The van der Waals surface area contributed by atoms with E-state index in [1.807, 2.05) is 42.5 Å². The third kappa shape index (κ3) is 3.89. The molecule has 7 heteroatoms. The summed E-state index contributed by atoms with van der Waals surface area (Å²) in [4.78, 5) is 35.7. The molecule has 0 unspecified atom stereocenters. The number of alkyl carbamates (subject to hydrolysis) is 1. The number of fused-ring (bicyclic) bond motifs is 1. The van der Waals surface area contributed by atoms with Crippen molar-refractivity contribution in [3.05, 3.63) is 65.0 Å². The second-order valence-corrected chi connectivity index (χ2v) is 6.39. The van der Waals surface area contributed by atoms with Crippen LogP contribution in [0.2, 0.25) is 0 Å². The van der Waals surface area contributed by atoms with Crippen LogP contribution in [0.25, 0.3) is 10.8 Å². The number of hydrogen-bond acceptors (Lipinski definition) is 5. The molecule has 1 heterocycles. The number of nitrogens with one attached hydrogen (secondary N) is 2. The Bertz CT molecular complexity index is 975. The van der Waals surface area contributed by atoms with Gasteiger partial charge in [0.1, 0.15) is 5.00 Å². The first kappa shape index (κ1) is 17.6. The maximum absolute atomic E-state index is 12.4. The summed E-state index contributed by atoms with van der Waals surface area (Å²) in [6.45, 7) is 0. The number of hydrogen-bond donors (Lipinski definition) is 2. The zero-order chi connectivity index (χ0) is 18.5. The Hall–Kier alpha value is -3.19. The van der Waals surface area contributed by atoms with Crippen molar-refractivity contribution in [1.82, 2.24) is 5.32 Å². The van der Waals surface area contributed by atoms with Crippen molar-refractivity contribution in [1.29, 1.82) is 0 Å². The lowest BCUT2D eigenvalue weighted by Gasteiger charge is -2.08. The van der Waals surface area contributed by atoms with Gasteiger partial charge in [-0.3, -0.25) is 14.9 Å². The average molecular weight is 368 g/mol. The van der Waals surface area contributed by atoms with Crippen molar-refractivity contribution in [2.75, 3.05) is 12.4 Å². The lowest BCUT2D eigenvalue weighted by molar-refractivity contribution is -0.115. The highest BCUT2D eigenvalue weighted by Crippen LogP contribution is 2.24. The molecule has 0 saturated carbocycles. The number of thiophene rings is 1. The molecule has 0 atom stereocenters. The lowest BCUT2D eigenvalue weighted by Crippen LogP contribution is -2.30. The Morgan fingerprint density at radius 1 is 1.04 bits per heavy atom. The van der Waals surface area contributed by atoms with Crippen LogP contribution in [-0.2, 0) is 16.0 Å². The summed E-state index contributed by atoms with van der Waals surface area (Å²) < 4.78 is 4.40. The lowest BCUT2D eigenvalue weighted by atomic mass is 10.0. The highest BCUT2D eigenvalue weighted by atomic mass is 32.1. The molecule has 1 aromatic heterocycles. The van der Waals surface area contributed by atoms with Crippen LogP contribution in [0.1, 0.15) is 15.9 Å². The van der Waals surface area contributed by atoms with Gasteiger partial charge in [-0.15, -0.1) is 11.3 Å². The molecule has 6 nitrogen and oxygen atoms in total. The predicted octanol–water partition coefficient (Wildman–Crippen LogP) is 3.58. The van der Waals surface area contributed by atoms with Crippen LogP contribution in [0.4, 0.5) is 9.80 Å². The van der Waals surface area contributed by atoms with E-state index in [9.17, 15) is 14.4 Å². The number of ether oxygens (including phenoxy) is 1. The third-order valence-electron chi connectivity index (χ3n) is 3.79. The van der Waals surface area contributed by atoms with Crippen molar-refractivity contribution in [2.45, 2.75) is 6.42 Å². The largest absolute Gasteiger partial charge is 0.453 e. The minimum absolute atomic E-state index is 0.178. The van der Waals surface area contributed by atoms with Crippen LogP contribution < -0.4 is 10.6 Å². The van der Waals surface area contributed by atoms with Crippen LogP contribution >= 0.6 is 11.3 Å². The average Bonchev–Trinajstić information content (AvgIpc) is 3.10. The smallest absolute Gasteiger partial charge is 0.413 e. The number of benzene rings is 2. The van der Waals surface area contributed by atoms with E-state index in [1.54, 1.807) is 5.38 Å². The molecule has 0 radical (unpaired) electrons. The molecular weight excluding hydrogens is 352 g/mol. The van der Waals surface area contributed by atoms with Crippen molar-refractivity contribution in [3.63, 3.8) is 0 Å². The highest BCUT2D eigenvalue weighted by molar-refractivity contribution is 7.14. The zero-order valence-corrected chi connectivity index (χ0v) is 14.8. The zero-order valence-electron chi connectivity index (χ0n) is 13.9. The number of carbonyl (C=O) groups is 3. The summed E-state index contributed by atoms with van der Waals surface area (Å²) in [7, 11) is 1.17. The SMILES string of the molecule is COC(=O)NC(=O)c1ccsc1NC(=O)Cc1cccc2ccccc12. The van der Waals surface area contributed by atoms with Crippen molar-refractivity contribution >= 4 is 45.0 Å². The second kappa shape index (κ2) is 7.79. The van der Waals surface area contributed by atoms with E-state index in [1.165, 1.54) is 24.5 Å². The molecule has 26 heavy (non-hydrogen) atoms. The Balaban J connectivity index is 1.74. The van der Waals surface area contributed by atoms with Gasteiger partial charge in [-0.25, -0.2) is 4.79 Å². The molecule has 0 saturated heterocycles. The van der Waals surface area contributed by atoms with Crippen molar-refractivity contribution in [3.8, 4) is 0 Å². The molecule has 0 aliphatic carbocycles. The standard InChI is InChI=1S/C19H16N2O4S/c1-25-19(24)21-17(23)15-9-10-26-18(15)20-16(22)11-13-7-4-6-12-5-2-3-8-14(12)13/h2-10H,11H2,1H3,(H,20,22)(H,21,23,24). The van der Waals surface area contributed by atoms with Gasteiger partial charge in [0, 0.05) is 0 Å². The number of rotatable bonds is 4. The van der Waals surface area contributed by atoms with Gasteiger partial charge in [-0.2, -0.15) is 0 Å². The maximum atomic E-state index is 12.4. The quantitative estimate of drug-likeness (QED) is 0.737. The summed E-state index contributed by atoms with van der Waals surface area (Å²) in [6, 6.07) is 15.2. The maximum Gasteiger partial charge on any atom is 0.413 e. The topological polar surface area (TPSA) is 84.5 Å². The summed E-state index contributed by atoms with van der Waals surface area (Å²) in [6.07, 6.45) is -0.675. The number of imide groups is 1. The van der Waals surface area contributed by atoms with E-state index in [0.717, 1.165) is 16.3 Å². The second-order valence-electron chi connectivity index (χ2n) is 5.47. The molecule has 3 rings (SSSR count). The first-order chi connectivity index (χ1) is 12.6. The molecule has 0 aliphatic rings. The van der Waals surface area contributed by atoms with Crippen LogP contribution in [0, 0.1) is 0 Å². The van der Waals surface area contributed by atoms with Crippen LogP contribution in [-0.4, -0.2) is 25.0 Å². The minimum atomic E-state index is -0.853. The number of amides is 3. The predicted molar refractivity (Wildman–Crippen MR) is 100 cm³/mol. The van der Waals surface area contributed by atoms with Gasteiger partial charge in [0.25, 0.3) is 5.91 Å². The Morgan fingerprint density at radius 2 is 1.81 bits per heavy atom. The molecule has 2 aromatic carbocycles. The Labute approximate surface area is 153 Å². The van der Waals surface area contributed by atoms with Crippen LogP contribution in [0.5, 0.6) is 0 Å². The number of methoxy groups -OCH3 is 1. The number of anilines is 1. The van der Waals surface area contributed by atoms with Crippen molar-refractivity contribution < 1.29 is 19.1 Å². The molecule has 0 spiro atoms. The van der Waals surface area contributed by atoms with Gasteiger partial charge in [-0.1, -0.05) is 42.5 Å². The van der Waals surface area contributed by atoms with Gasteiger partial charge in [0.2, 0.25) is 5.91 Å². The summed E-state index contributed by atoms with van der Waals surface area (Å²) >= 11 is 1.21. The van der Waals surface area contributed by atoms with E-state index < -0.39 is 12.0 Å². The Kier molecular flexibility index (Phi) is 5.28. The van der Waals surface area contributed by atoms with Gasteiger partial charge in [0.05, 0.1) is 19.1 Å². The highest BCUT2D eigenvalue weighted by Gasteiger charge is 2.18. The van der Waals surface area contributed by atoms with Gasteiger partial charge in [-0.05, 0) is 27.8 Å². The molecule has 0 bridgehead atoms. The van der Waals surface area contributed by atoms with Gasteiger partial charge >= 0.3 is 6.09 Å². The first-order valence-electron chi connectivity index (χ1n) is 7.82. The minimum Gasteiger partial charge on any atom is -0.453 e. The third-order valence-corrected chi connectivity index (χ3v) is 4.62. The van der Waals surface area contributed by atoms with Crippen LogP contribution in [0.15, 0.2) is 53.9 Å². The summed E-state index contributed by atoms with van der Waals surface area (Å²) in [5, 5.41) is 8.95. The van der Waals surface area contributed by atoms with E-state index in [4.69, 9.17) is 0 Å². The van der Waals surface area contributed by atoms with Gasteiger partial charge < -0.3 is 10.1 Å². The fraction of sp³-hybridized carbons (Fsp3) is 0.105. The fourth-order valence-electron chi connectivity index (χ4n) is 2.59. The molecule has 2 N–H and O–H groups in total. The van der Waals surface area contributed by atoms with E-state index >= 15 is 0 Å². The normalized spacial score (nSPS) is 10.3. The molecular formula is C19H16N2O4S. The van der Waals surface area contributed by atoms with Gasteiger partial charge in [0.15, 0.2) is 0 Å². The van der Waals surface area contributed by atoms with E-state index in [0.29, 0.717) is 5.00 Å². The number of carbonyl (C=O) groups excluding carboxylic acids is 3.